The van der Waals surface area contributed by atoms with E-state index in [0.29, 0.717) is 22.4 Å². The molecule has 1 aromatic heterocycles. The first-order chi connectivity index (χ1) is 26.7. The van der Waals surface area contributed by atoms with Crippen molar-refractivity contribution in [3.05, 3.63) is 88.3 Å². The van der Waals surface area contributed by atoms with Crippen molar-refractivity contribution in [1.29, 1.82) is 5.26 Å². The smallest absolute Gasteiger partial charge is 0.254 e. The van der Waals surface area contributed by atoms with Gasteiger partial charge in [-0.1, -0.05) is 23.7 Å². The molecule has 3 amide bonds. The van der Waals surface area contributed by atoms with E-state index in [9.17, 15) is 19.6 Å². The van der Waals surface area contributed by atoms with Crippen LogP contribution in [0.25, 0.3) is 10.9 Å². The largest absolute Gasteiger partial charge is 0.372 e. The monoisotopic (exact) mass is 764 g/mol. The molecule has 5 heterocycles. The predicted molar refractivity (Wildman–Crippen MR) is 212 cm³/mol. The van der Waals surface area contributed by atoms with Crippen LogP contribution in [0.5, 0.6) is 0 Å². The molecule has 13 heteroatoms. The average Bonchev–Trinajstić information content (AvgIpc) is 3.65. The van der Waals surface area contributed by atoms with Gasteiger partial charge in [0.15, 0.2) is 0 Å². The first kappa shape index (κ1) is 36.8. The quantitative estimate of drug-likeness (QED) is 0.193. The number of carbonyl (C=O) groups excluding carboxylic acids is 3. The summed E-state index contributed by atoms with van der Waals surface area (Å²) in [6.07, 6.45) is 6.54. The molecule has 55 heavy (non-hydrogen) atoms. The van der Waals surface area contributed by atoms with Crippen LogP contribution in [0, 0.1) is 23.1 Å². The SMILES string of the molecule is N#Cc1c[nH]c2c(N3CCC(c4ccc(N5CCC(CN6CCN(c7ccc(C(=O)NC8CCC(=O)NC8=O)c(F)c7)CC6)CC5)cc4)CC3)ccc(Cl)c12. The third-order valence-electron chi connectivity index (χ3n) is 12.1. The van der Waals surface area contributed by atoms with Gasteiger partial charge >= 0.3 is 0 Å². The molecule has 1 atom stereocenters. The Balaban J connectivity index is 0.769. The molecule has 0 aliphatic carbocycles. The number of imide groups is 1. The zero-order chi connectivity index (χ0) is 38.1. The normalized spacial score (nSPS) is 20.5. The number of aromatic amines is 1. The minimum Gasteiger partial charge on any atom is -0.372 e. The zero-order valence-corrected chi connectivity index (χ0v) is 31.6. The molecule has 0 spiro atoms. The Morgan fingerprint density at radius 3 is 2.24 bits per heavy atom. The molecule has 0 bridgehead atoms. The fourth-order valence-electron chi connectivity index (χ4n) is 8.83. The number of H-pyrrole nitrogens is 1. The lowest BCUT2D eigenvalue weighted by Crippen LogP contribution is -2.52. The Morgan fingerprint density at radius 1 is 0.855 bits per heavy atom. The van der Waals surface area contributed by atoms with Crippen LogP contribution in [0.1, 0.15) is 65.9 Å². The summed E-state index contributed by atoms with van der Waals surface area (Å²) >= 11 is 6.44. The molecule has 286 valence electrons. The second kappa shape index (κ2) is 15.9. The van der Waals surface area contributed by atoms with E-state index in [4.69, 9.17) is 11.6 Å². The molecule has 4 aromatic rings. The van der Waals surface area contributed by atoms with Crippen molar-refractivity contribution in [3.63, 3.8) is 0 Å². The van der Waals surface area contributed by atoms with E-state index in [2.05, 4.69) is 71.6 Å². The van der Waals surface area contributed by atoms with Crippen molar-refractivity contribution in [2.75, 3.05) is 73.6 Å². The predicted octanol–water partition coefficient (Wildman–Crippen LogP) is 5.79. The number of hydrogen-bond donors (Lipinski definition) is 3. The fraction of sp³-hybridized carbons (Fsp3) is 0.429. The Kier molecular flexibility index (Phi) is 10.7. The second-order valence-corrected chi connectivity index (χ2v) is 15.8. The maximum atomic E-state index is 15.1. The van der Waals surface area contributed by atoms with Gasteiger partial charge in [-0.2, -0.15) is 5.26 Å². The zero-order valence-electron chi connectivity index (χ0n) is 30.8. The number of benzene rings is 3. The maximum Gasteiger partial charge on any atom is 0.254 e. The van der Waals surface area contributed by atoms with Crippen LogP contribution in [0.3, 0.4) is 0 Å². The van der Waals surface area contributed by atoms with Crippen molar-refractivity contribution in [2.24, 2.45) is 5.92 Å². The first-order valence-corrected chi connectivity index (χ1v) is 19.8. The van der Waals surface area contributed by atoms with E-state index < -0.39 is 23.7 Å². The highest BCUT2D eigenvalue weighted by Crippen LogP contribution is 2.38. The summed E-state index contributed by atoms with van der Waals surface area (Å²) in [6.45, 7) is 8.44. The lowest BCUT2D eigenvalue weighted by atomic mass is 9.89. The summed E-state index contributed by atoms with van der Waals surface area (Å²) in [6, 6.07) is 19.2. The van der Waals surface area contributed by atoms with Crippen molar-refractivity contribution in [2.45, 2.75) is 50.5 Å². The molecule has 4 saturated heterocycles. The molecule has 4 fully saturated rings. The van der Waals surface area contributed by atoms with E-state index in [1.54, 1.807) is 12.3 Å². The number of fused-ring (bicyclic) bond motifs is 1. The van der Waals surface area contributed by atoms with Crippen molar-refractivity contribution in [1.82, 2.24) is 20.5 Å². The van der Waals surface area contributed by atoms with Gasteiger partial charge in [0.25, 0.3) is 5.91 Å². The summed E-state index contributed by atoms with van der Waals surface area (Å²) in [4.78, 5) is 49.0. The van der Waals surface area contributed by atoms with Crippen LogP contribution in [-0.2, 0) is 9.59 Å². The highest BCUT2D eigenvalue weighted by molar-refractivity contribution is 6.36. The number of nitrogens with zero attached hydrogens (tertiary/aromatic N) is 5. The number of aromatic nitrogens is 1. The molecule has 4 aliphatic heterocycles. The van der Waals surface area contributed by atoms with Crippen LogP contribution in [0.4, 0.5) is 21.5 Å². The second-order valence-electron chi connectivity index (χ2n) is 15.3. The van der Waals surface area contributed by atoms with Crippen molar-refractivity contribution >= 4 is 57.3 Å². The lowest BCUT2D eigenvalue weighted by molar-refractivity contribution is -0.134. The third-order valence-corrected chi connectivity index (χ3v) is 12.4. The Bertz CT molecular complexity index is 2110. The number of amides is 3. The molecular weight excluding hydrogens is 719 g/mol. The minimum atomic E-state index is -0.849. The van der Waals surface area contributed by atoms with Crippen molar-refractivity contribution in [3.8, 4) is 6.07 Å². The van der Waals surface area contributed by atoms with Crippen LogP contribution in [-0.4, -0.2) is 92.6 Å². The van der Waals surface area contributed by atoms with Gasteiger partial charge in [0.05, 0.1) is 27.4 Å². The fourth-order valence-corrected chi connectivity index (χ4v) is 9.09. The molecule has 11 nitrogen and oxygen atoms in total. The van der Waals surface area contributed by atoms with Gasteiger partial charge in [-0.25, -0.2) is 4.39 Å². The Morgan fingerprint density at radius 2 is 1.55 bits per heavy atom. The maximum absolute atomic E-state index is 15.1. The summed E-state index contributed by atoms with van der Waals surface area (Å²) in [5, 5.41) is 15.7. The summed E-state index contributed by atoms with van der Waals surface area (Å²) in [5.41, 5.74) is 5.96. The molecule has 0 radical (unpaired) electrons. The summed E-state index contributed by atoms with van der Waals surface area (Å²) < 4.78 is 15.1. The van der Waals surface area contributed by atoms with E-state index in [-0.39, 0.29) is 24.3 Å². The highest BCUT2D eigenvalue weighted by Gasteiger charge is 2.30. The number of rotatable bonds is 8. The first-order valence-electron chi connectivity index (χ1n) is 19.4. The topological polar surface area (TPSA) is 128 Å². The molecule has 8 rings (SSSR count). The number of nitrogens with one attached hydrogen (secondary N) is 3. The number of piperidine rings is 3. The molecule has 3 aromatic carbocycles. The number of carbonyl (C=O) groups is 3. The van der Waals surface area contributed by atoms with Gasteiger partial charge in [-0.3, -0.25) is 24.6 Å². The molecule has 4 aliphatic rings. The standard InChI is InChI=1S/C42H46ClFN8O3/c43-34-7-9-37(40-39(34)30(24-45)25-46-40)52-17-13-29(14-18-52)28-1-3-31(4-2-28)50-15-11-27(12-16-50)26-49-19-21-51(22-20-49)32-5-6-33(35(44)23-32)41(54)47-36-8-10-38(53)48-42(36)55/h1-7,9,23,25,27,29,36,46H,8,10-22,26H2,(H,47,54)(H,48,53,55). The number of piperazine rings is 1. The van der Waals surface area contributed by atoms with Gasteiger partial charge in [-0.05, 0) is 92.0 Å². The van der Waals surface area contributed by atoms with Crippen molar-refractivity contribution < 1.29 is 18.8 Å². The number of anilines is 3. The number of halogens is 2. The van der Waals surface area contributed by atoms with Gasteiger partial charge in [-0.15, -0.1) is 0 Å². The number of nitriles is 1. The van der Waals surface area contributed by atoms with E-state index in [0.717, 1.165) is 107 Å². The molecular formula is C42H46ClFN8O3. The van der Waals surface area contributed by atoms with Gasteiger partial charge in [0.2, 0.25) is 11.8 Å². The molecule has 3 N–H and O–H groups in total. The average molecular weight is 765 g/mol. The van der Waals surface area contributed by atoms with Gasteiger partial charge < -0.3 is 25.0 Å². The van der Waals surface area contributed by atoms with E-state index in [1.165, 1.54) is 23.4 Å². The van der Waals surface area contributed by atoms with Crippen LogP contribution in [0.15, 0.2) is 60.8 Å². The van der Waals surface area contributed by atoms with E-state index in [1.807, 2.05) is 6.07 Å². The van der Waals surface area contributed by atoms with Gasteiger partial charge in [0.1, 0.15) is 17.9 Å². The minimum absolute atomic E-state index is 0.114. The van der Waals surface area contributed by atoms with Crippen LogP contribution in [0.2, 0.25) is 5.02 Å². The Hall–Kier alpha value is -5.12. The lowest BCUT2D eigenvalue weighted by Gasteiger charge is -2.40. The number of hydrogen-bond acceptors (Lipinski definition) is 8. The highest BCUT2D eigenvalue weighted by atomic mass is 35.5. The third kappa shape index (κ3) is 7.86. The van der Waals surface area contributed by atoms with E-state index >= 15 is 4.39 Å². The van der Waals surface area contributed by atoms with Crippen LogP contribution >= 0.6 is 11.6 Å². The van der Waals surface area contributed by atoms with Crippen LogP contribution < -0.4 is 25.3 Å². The molecule has 0 saturated carbocycles. The summed E-state index contributed by atoms with van der Waals surface area (Å²) in [5.74, 6) is -1.05. The Labute approximate surface area is 325 Å². The summed E-state index contributed by atoms with van der Waals surface area (Å²) in [7, 11) is 0. The van der Waals surface area contributed by atoms with Gasteiger partial charge in [0, 0.05) is 88.3 Å². The molecule has 1 unspecified atom stereocenters.